The first kappa shape index (κ1) is 20.9. The van der Waals surface area contributed by atoms with Gasteiger partial charge in [0, 0.05) is 0 Å². The predicted octanol–water partition coefficient (Wildman–Crippen LogP) is 5.55. The maximum Gasteiger partial charge on any atom is 0.231 e. The number of aromatic nitrogens is 2. The molecule has 2 heterocycles. The highest BCUT2D eigenvalue weighted by molar-refractivity contribution is 7.91. The molecule has 0 aliphatic rings. The Balaban J connectivity index is 1.40. The Morgan fingerprint density at radius 2 is 1.03 bits per heavy atom. The highest BCUT2D eigenvalue weighted by atomic mass is 32.2. The Hall–Kier alpha value is -4.63. The summed E-state index contributed by atoms with van der Waals surface area (Å²) in [4.78, 5) is 8.80. The number of sulfone groups is 1. The van der Waals surface area contributed by atoms with Gasteiger partial charge in [-0.1, -0.05) is 24.3 Å². The largest absolute Gasteiger partial charge is 0.507 e. The second-order valence-corrected chi connectivity index (χ2v) is 9.78. The van der Waals surface area contributed by atoms with E-state index in [2.05, 4.69) is 9.97 Å². The molecule has 172 valence electrons. The highest BCUT2D eigenvalue weighted by Gasteiger charge is 2.22. The van der Waals surface area contributed by atoms with Crippen molar-refractivity contribution in [2.45, 2.75) is 9.79 Å². The average Bonchev–Trinajstić information content (AvgIpc) is 3.47. The van der Waals surface area contributed by atoms with Crippen LogP contribution in [0.2, 0.25) is 0 Å². The van der Waals surface area contributed by atoms with Crippen LogP contribution in [0.25, 0.3) is 45.1 Å². The smallest absolute Gasteiger partial charge is 0.231 e. The molecule has 0 saturated heterocycles. The van der Waals surface area contributed by atoms with E-state index in [4.69, 9.17) is 8.83 Å². The predicted molar refractivity (Wildman–Crippen MR) is 128 cm³/mol. The molecule has 0 bridgehead atoms. The number of phenols is 2. The van der Waals surface area contributed by atoms with Crippen LogP contribution in [0.5, 0.6) is 11.5 Å². The molecule has 0 aliphatic heterocycles. The number of oxazole rings is 2. The van der Waals surface area contributed by atoms with Crippen molar-refractivity contribution in [3.05, 3.63) is 84.9 Å². The molecule has 0 saturated carbocycles. The Labute approximate surface area is 198 Å². The first-order valence-electron chi connectivity index (χ1n) is 10.5. The number of benzene rings is 4. The lowest BCUT2D eigenvalue weighted by atomic mass is 10.2. The topological polar surface area (TPSA) is 127 Å². The van der Waals surface area contributed by atoms with E-state index >= 15 is 0 Å². The van der Waals surface area contributed by atoms with Crippen LogP contribution in [0.15, 0.2) is 104 Å². The maximum atomic E-state index is 13.4. The van der Waals surface area contributed by atoms with Crippen LogP contribution in [-0.4, -0.2) is 28.6 Å². The summed E-state index contributed by atoms with van der Waals surface area (Å²) in [6.07, 6.45) is 0. The SMILES string of the molecule is O=S(=O)(c1ccc2oc(-c3ccccc3O)nc2c1)c1ccc2oc(-c3ccccc3O)nc2c1. The summed E-state index contributed by atoms with van der Waals surface area (Å²) in [7, 11) is -3.91. The van der Waals surface area contributed by atoms with Gasteiger partial charge in [0.05, 0.1) is 20.9 Å². The molecule has 6 rings (SSSR count). The van der Waals surface area contributed by atoms with Crippen molar-refractivity contribution < 1.29 is 27.5 Å². The van der Waals surface area contributed by atoms with Gasteiger partial charge >= 0.3 is 0 Å². The number of nitrogens with zero attached hydrogens (tertiary/aromatic N) is 2. The van der Waals surface area contributed by atoms with Gasteiger partial charge in [-0.3, -0.25) is 0 Å². The highest BCUT2D eigenvalue weighted by Crippen LogP contribution is 2.34. The van der Waals surface area contributed by atoms with Crippen LogP contribution in [-0.2, 0) is 9.84 Å². The van der Waals surface area contributed by atoms with Crippen LogP contribution in [0.1, 0.15) is 0 Å². The number of phenolic OH excluding ortho intramolecular Hbond substituents is 2. The monoisotopic (exact) mass is 484 g/mol. The zero-order valence-corrected chi connectivity index (χ0v) is 18.7. The van der Waals surface area contributed by atoms with Crippen LogP contribution >= 0.6 is 0 Å². The molecule has 0 atom stereocenters. The first-order chi connectivity index (χ1) is 16.9. The van der Waals surface area contributed by atoms with Crippen molar-refractivity contribution in [2.75, 3.05) is 0 Å². The summed E-state index contributed by atoms with van der Waals surface area (Å²) >= 11 is 0. The summed E-state index contributed by atoms with van der Waals surface area (Å²) in [6.45, 7) is 0. The molecule has 8 nitrogen and oxygen atoms in total. The van der Waals surface area contributed by atoms with Crippen LogP contribution in [0.4, 0.5) is 0 Å². The van der Waals surface area contributed by atoms with Gasteiger partial charge in [-0.05, 0) is 60.7 Å². The van der Waals surface area contributed by atoms with Gasteiger partial charge in [-0.15, -0.1) is 0 Å². The molecule has 9 heteroatoms. The van der Waals surface area contributed by atoms with Crippen molar-refractivity contribution in [3.63, 3.8) is 0 Å². The van der Waals surface area contributed by atoms with Crippen molar-refractivity contribution in [1.29, 1.82) is 0 Å². The zero-order valence-electron chi connectivity index (χ0n) is 17.9. The molecule has 35 heavy (non-hydrogen) atoms. The van der Waals surface area contributed by atoms with E-state index in [0.717, 1.165) is 0 Å². The quantitative estimate of drug-likeness (QED) is 0.334. The van der Waals surface area contributed by atoms with Gasteiger partial charge in [-0.25, -0.2) is 18.4 Å². The molecular weight excluding hydrogens is 468 g/mol. The Kier molecular flexibility index (Phi) is 4.61. The van der Waals surface area contributed by atoms with E-state index in [1.165, 1.54) is 48.5 Å². The fraction of sp³-hybridized carbons (Fsp3) is 0. The van der Waals surface area contributed by atoms with Gasteiger partial charge in [0.1, 0.15) is 22.5 Å². The second-order valence-electron chi connectivity index (χ2n) is 7.83. The minimum atomic E-state index is -3.91. The molecular formula is C26H16N2O6S. The summed E-state index contributed by atoms with van der Waals surface area (Å²) in [5.41, 5.74) is 2.28. The maximum absolute atomic E-state index is 13.4. The lowest BCUT2D eigenvalue weighted by Gasteiger charge is -2.04. The van der Waals surface area contributed by atoms with E-state index in [0.29, 0.717) is 33.3 Å². The van der Waals surface area contributed by atoms with E-state index in [-0.39, 0.29) is 33.1 Å². The third-order valence-electron chi connectivity index (χ3n) is 5.61. The lowest BCUT2D eigenvalue weighted by molar-refractivity contribution is 0.473. The molecule has 2 N–H and O–H groups in total. The van der Waals surface area contributed by atoms with E-state index in [9.17, 15) is 18.6 Å². The Bertz CT molecular complexity index is 1720. The van der Waals surface area contributed by atoms with Crippen LogP contribution in [0, 0.1) is 0 Å². The molecule has 6 aromatic rings. The molecule has 0 unspecified atom stereocenters. The molecule has 0 amide bonds. The average molecular weight is 484 g/mol. The normalized spacial score (nSPS) is 11.9. The van der Waals surface area contributed by atoms with Gasteiger partial charge in [0.15, 0.2) is 11.2 Å². The van der Waals surface area contributed by atoms with Crippen molar-refractivity contribution in [2.24, 2.45) is 0 Å². The first-order valence-corrected chi connectivity index (χ1v) is 12.0. The molecule has 2 aromatic heterocycles. The third kappa shape index (κ3) is 3.49. The van der Waals surface area contributed by atoms with Gasteiger partial charge in [-0.2, -0.15) is 0 Å². The minimum absolute atomic E-state index is 0.0102. The molecule has 0 spiro atoms. The van der Waals surface area contributed by atoms with Gasteiger partial charge < -0.3 is 19.0 Å². The van der Waals surface area contributed by atoms with Crippen LogP contribution in [0.3, 0.4) is 0 Å². The zero-order chi connectivity index (χ0) is 24.2. The number of rotatable bonds is 4. The van der Waals surface area contributed by atoms with Crippen molar-refractivity contribution in [1.82, 2.24) is 9.97 Å². The molecule has 0 radical (unpaired) electrons. The third-order valence-corrected chi connectivity index (χ3v) is 7.36. The standard InChI is InChI=1S/C26H16N2O6S/c29-21-7-3-1-5-17(21)25-27-19-13-15(9-11-23(19)33-25)35(31,32)16-10-12-24-20(14-16)28-26(34-24)18-6-2-4-8-22(18)30/h1-14,29-30H. The van der Waals surface area contributed by atoms with Crippen molar-refractivity contribution >= 4 is 32.0 Å². The second kappa shape index (κ2) is 7.71. The fourth-order valence-electron chi connectivity index (χ4n) is 3.82. The summed E-state index contributed by atoms with van der Waals surface area (Å²) in [5, 5.41) is 20.1. The molecule has 0 fully saturated rings. The Morgan fingerprint density at radius 1 is 0.600 bits per heavy atom. The fourth-order valence-corrected chi connectivity index (χ4v) is 5.12. The van der Waals surface area contributed by atoms with Crippen molar-refractivity contribution in [3.8, 4) is 34.4 Å². The Morgan fingerprint density at radius 3 is 1.46 bits per heavy atom. The lowest BCUT2D eigenvalue weighted by Crippen LogP contribution is -2.01. The number of aromatic hydroxyl groups is 2. The van der Waals surface area contributed by atoms with Gasteiger partial charge in [0.25, 0.3) is 0 Å². The summed E-state index contributed by atoms with van der Waals surface area (Å²) < 4.78 is 38.2. The number of fused-ring (bicyclic) bond motifs is 2. The minimum Gasteiger partial charge on any atom is -0.507 e. The number of hydrogen-bond donors (Lipinski definition) is 2. The number of para-hydroxylation sites is 2. The summed E-state index contributed by atoms with van der Waals surface area (Å²) in [5.74, 6) is 0.397. The summed E-state index contributed by atoms with van der Waals surface area (Å²) in [6, 6.07) is 22.0. The van der Waals surface area contributed by atoms with E-state index < -0.39 is 9.84 Å². The number of hydrogen-bond acceptors (Lipinski definition) is 8. The van der Waals surface area contributed by atoms with Crippen LogP contribution < -0.4 is 0 Å². The van der Waals surface area contributed by atoms with E-state index in [1.807, 2.05) is 0 Å². The molecule has 4 aromatic carbocycles. The van der Waals surface area contributed by atoms with E-state index in [1.54, 1.807) is 36.4 Å². The molecule has 0 aliphatic carbocycles. The van der Waals surface area contributed by atoms with Gasteiger partial charge in [0.2, 0.25) is 21.6 Å².